The summed E-state index contributed by atoms with van der Waals surface area (Å²) in [5.41, 5.74) is 5.20. The summed E-state index contributed by atoms with van der Waals surface area (Å²) in [4.78, 5) is 6.80. The summed E-state index contributed by atoms with van der Waals surface area (Å²) in [6, 6.07) is 8.95. The van der Waals surface area contributed by atoms with Crippen molar-refractivity contribution in [3.8, 4) is 0 Å². The van der Waals surface area contributed by atoms with E-state index < -0.39 is 0 Å². The molecule has 110 valence electrons. The van der Waals surface area contributed by atoms with Crippen molar-refractivity contribution in [2.24, 2.45) is 10.8 Å². The summed E-state index contributed by atoms with van der Waals surface area (Å²) < 4.78 is 0. The molecule has 1 aromatic rings. The lowest BCUT2D eigenvalue weighted by molar-refractivity contribution is 0.442. The van der Waals surface area contributed by atoms with Crippen LogP contribution in [0.5, 0.6) is 0 Å². The number of guanidine groups is 1. The van der Waals surface area contributed by atoms with E-state index in [-0.39, 0.29) is 0 Å². The van der Waals surface area contributed by atoms with Gasteiger partial charge in [0.05, 0.1) is 6.04 Å². The second-order valence-electron chi connectivity index (χ2n) is 5.47. The molecule has 0 radical (unpaired) electrons. The molecular weight excluding hydrogens is 248 g/mol. The van der Waals surface area contributed by atoms with Crippen molar-refractivity contribution in [2.45, 2.75) is 51.5 Å². The Kier molecular flexibility index (Phi) is 5.41. The maximum absolute atomic E-state index is 5.66. The predicted octanol–water partition coefficient (Wildman–Crippen LogP) is 2.84. The first-order chi connectivity index (χ1) is 9.74. The number of hydrogen-bond donors (Lipinski definition) is 2. The fourth-order valence-corrected chi connectivity index (χ4v) is 2.68. The van der Waals surface area contributed by atoms with Crippen molar-refractivity contribution in [1.29, 1.82) is 0 Å². The summed E-state index contributed by atoms with van der Waals surface area (Å²) in [7, 11) is 2.00. The van der Waals surface area contributed by atoms with Crippen molar-refractivity contribution in [1.82, 2.24) is 5.43 Å². The first-order valence-corrected chi connectivity index (χ1v) is 7.61. The van der Waals surface area contributed by atoms with E-state index in [1.165, 1.54) is 37.7 Å². The van der Waals surface area contributed by atoms with E-state index in [1.807, 2.05) is 11.9 Å². The number of aryl methyl sites for hydroxylation is 1. The van der Waals surface area contributed by atoms with E-state index in [9.17, 15) is 0 Å². The number of anilines is 1. The molecule has 3 N–H and O–H groups in total. The molecule has 0 saturated heterocycles. The van der Waals surface area contributed by atoms with E-state index in [4.69, 9.17) is 10.8 Å². The number of benzene rings is 1. The summed E-state index contributed by atoms with van der Waals surface area (Å²) in [6.45, 7) is 2.16. The smallest absolute Gasteiger partial charge is 0.212 e. The van der Waals surface area contributed by atoms with E-state index in [2.05, 4.69) is 36.6 Å². The lowest BCUT2D eigenvalue weighted by atomic mass is 9.96. The van der Waals surface area contributed by atoms with E-state index in [0.717, 1.165) is 18.1 Å². The molecule has 1 aromatic carbocycles. The Labute approximate surface area is 122 Å². The molecule has 1 fully saturated rings. The summed E-state index contributed by atoms with van der Waals surface area (Å²) in [6.07, 6.45) is 7.30. The molecule has 0 spiro atoms. The van der Waals surface area contributed by atoms with Crippen LogP contribution in [-0.4, -0.2) is 19.0 Å². The van der Waals surface area contributed by atoms with Gasteiger partial charge in [-0.3, -0.25) is 5.43 Å². The van der Waals surface area contributed by atoms with Crippen molar-refractivity contribution >= 4 is 11.6 Å². The number of nitrogens with one attached hydrogen (secondary N) is 1. The molecule has 1 aliphatic rings. The first kappa shape index (κ1) is 14.9. The molecule has 20 heavy (non-hydrogen) atoms. The highest BCUT2D eigenvalue weighted by atomic mass is 15.4. The zero-order chi connectivity index (χ0) is 14.4. The number of hydrazine groups is 1. The van der Waals surface area contributed by atoms with Crippen LogP contribution in [0.2, 0.25) is 0 Å². The molecule has 0 unspecified atom stereocenters. The zero-order valence-corrected chi connectivity index (χ0v) is 12.6. The molecule has 0 aromatic heterocycles. The van der Waals surface area contributed by atoms with Gasteiger partial charge in [-0.2, -0.15) is 0 Å². The van der Waals surface area contributed by atoms with Gasteiger partial charge in [-0.05, 0) is 37.0 Å². The van der Waals surface area contributed by atoms with Gasteiger partial charge in [-0.15, -0.1) is 0 Å². The Hall–Kier alpha value is -1.55. The number of nitrogens with zero attached hydrogens (tertiary/aromatic N) is 2. The standard InChI is InChI=1S/C16H26N4/c1-3-13-9-11-15(12-10-13)20(2)16(19-17)18-14-7-5-4-6-8-14/h9-12,14H,3-8,17H2,1-2H3,(H,18,19). The van der Waals surface area contributed by atoms with Crippen LogP contribution in [0, 0.1) is 0 Å². The number of aliphatic imine (C=N–C) groups is 1. The van der Waals surface area contributed by atoms with Crippen molar-refractivity contribution < 1.29 is 0 Å². The molecule has 4 heteroatoms. The number of rotatable bonds is 3. The van der Waals surface area contributed by atoms with Gasteiger partial charge in [0.1, 0.15) is 0 Å². The van der Waals surface area contributed by atoms with Gasteiger partial charge in [0, 0.05) is 12.7 Å². The van der Waals surface area contributed by atoms with Crippen LogP contribution in [-0.2, 0) is 6.42 Å². The van der Waals surface area contributed by atoms with Gasteiger partial charge in [0.15, 0.2) is 0 Å². The number of nitrogens with two attached hydrogens (primary N) is 1. The fraction of sp³-hybridized carbons (Fsp3) is 0.562. The predicted molar refractivity (Wildman–Crippen MR) is 85.9 cm³/mol. The average molecular weight is 274 g/mol. The van der Waals surface area contributed by atoms with E-state index in [0.29, 0.717) is 6.04 Å². The Morgan fingerprint density at radius 3 is 2.45 bits per heavy atom. The normalized spacial score (nSPS) is 17.1. The molecule has 2 rings (SSSR count). The van der Waals surface area contributed by atoms with Crippen LogP contribution in [0.1, 0.15) is 44.6 Å². The maximum atomic E-state index is 5.66. The minimum atomic E-state index is 0.409. The molecular formula is C16H26N4. The molecule has 1 saturated carbocycles. The minimum Gasteiger partial charge on any atom is -0.315 e. The van der Waals surface area contributed by atoms with Crippen LogP contribution in [0.25, 0.3) is 0 Å². The topological polar surface area (TPSA) is 53.6 Å². The highest BCUT2D eigenvalue weighted by molar-refractivity contribution is 5.95. The van der Waals surface area contributed by atoms with Crippen LogP contribution in [0.4, 0.5) is 5.69 Å². The monoisotopic (exact) mass is 274 g/mol. The second kappa shape index (κ2) is 7.29. The van der Waals surface area contributed by atoms with Gasteiger partial charge in [-0.1, -0.05) is 38.3 Å². The number of hydrogen-bond acceptors (Lipinski definition) is 2. The van der Waals surface area contributed by atoms with Gasteiger partial charge >= 0.3 is 0 Å². The lowest BCUT2D eigenvalue weighted by Crippen LogP contribution is -2.43. The zero-order valence-electron chi connectivity index (χ0n) is 12.6. The van der Waals surface area contributed by atoms with Crippen LogP contribution in [0.3, 0.4) is 0 Å². The SMILES string of the molecule is CCc1ccc(N(C)C(=NC2CCCCC2)NN)cc1. The Morgan fingerprint density at radius 1 is 1.25 bits per heavy atom. The molecule has 0 bridgehead atoms. The quantitative estimate of drug-likeness (QED) is 0.386. The first-order valence-electron chi connectivity index (χ1n) is 7.61. The molecule has 0 aliphatic heterocycles. The maximum Gasteiger partial charge on any atom is 0.212 e. The second-order valence-corrected chi connectivity index (χ2v) is 5.47. The van der Waals surface area contributed by atoms with Gasteiger partial charge in [0.2, 0.25) is 5.96 Å². The lowest BCUT2D eigenvalue weighted by Gasteiger charge is -2.24. The fourth-order valence-electron chi connectivity index (χ4n) is 2.68. The van der Waals surface area contributed by atoms with Crippen molar-refractivity contribution in [3.63, 3.8) is 0 Å². The summed E-state index contributed by atoms with van der Waals surface area (Å²) >= 11 is 0. The Balaban J connectivity index is 2.10. The largest absolute Gasteiger partial charge is 0.315 e. The third-order valence-corrected chi connectivity index (χ3v) is 4.06. The minimum absolute atomic E-state index is 0.409. The van der Waals surface area contributed by atoms with Crippen LogP contribution >= 0.6 is 0 Å². The Bertz CT molecular complexity index is 432. The molecule has 1 aliphatic carbocycles. The average Bonchev–Trinajstić information content (AvgIpc) is 2.53. The third kappa shape index (κ3) is 3.73. The van der Waals surface area contributed by atoms with Gasteiger partial charge in [-0.25, -0.2) is 10.8 Å². The summed E-state index contributed by atoms with van der Waals surface area (Å²) in [5.74, 6) is 6.41. The molecule has 0 amide bonds. The summed E-state index contributed by atoms with van der Waals surface area (Å²) in [5, 5.41) is 0. The van der Waals surface area contributed by atoms with Gasteiger partial charge < -0.3 is 4.90 Å². The van der Waals surface area contributed by atoms with Crippen LogP contribution in [0.15, 0.2) is 29.3 Å². The van der Waals surface area contributed by atoms with Crippen molar-refractivity contribution in [2.75, 3.05) is 11.9 Å². The highest BCUT2D eigenvalue weighted by Crippen LogP contribution is 2.21. The van der Waals surface area contributed by atoms with Gasteiger partial charge in [0.25, 0.3) is 0 Å². The van der Waals surface area contributed by atoms with E-state index in [1.54, 1.807) is 0 Å². The van der Waals surface area contributed by atoms with Crippen molar-refractivity contribution in [3.05, 3.63) is 29.8 Å². The highest BCUT2D eigenvalue weighted by Gasteiger charge is 2.15. The molecule has 0 heterocycles. The third-order valence-electron chi connectivity index (χ3n) is 4.06. The van der Waals surface area contributed by atoms with Crippen LogP contribution < -0.4 is 16.2 Å². The van der Waals surface area contributed by atoms with E-state index >= 15 is 0 Å². The molecule has 0 atom stereocenters. The molecule has 4 nitrogen and oxygen atoms in total. The Morgan fingerprint density at radius 2 is 1.90 bits per heavy atom.